The number of oxazole rings is 1. The van der Waals surface area contributed by atoms with Gasteiger partial charge in [-0.3, -0.25) is 4.57 Å². The minimum Gasteiger partial charge on any atom is -0.408 e. The Kier molecular flexibility index (Phi) is 2.78. The smallest absolute Gasteiger partial charge is 0.408 e. The molecule has 0 bridgehead atoms. The molecule has 0 spiro atoms. The predicted molar refractivity (Wildman–Crippen MR) is 63.8 cm³/mol. The van der Waals surface area contributed by atoms with Gasteiger partial charge in [0.05, 0.1) is 5.02 Å². The van der Waals surface area contributed by atoms with Crippen molar-refractivity contribution < 1.29 is 4.42 Å². The molecule has 4 nitrogen and oxygen atoms in total. The standard InChI is InChI=1S/C11H13ClN2O2/c1-6(13)3-7-4-8(12)10-9(5-7)16-11(15)14(10)2/h4-6H,3,13H2,1-2H3. The highest BCUT2D eigenvalue weighted by Gasteiger charge is 2.11. The van der Waals surface area contributed by atoms with Gasteiger partial charge in [0.2, 0.25) is 0 Å². The first kappa shape index (κ1) is 11.2. The fraction of sp³-hybridized carbons (Fsp3) is 0.364. The van der Waals surface area contributed by atoms with Crippen LogP contribution in [0.3, 0.4) is 0 Å². The van der Waals surface area contributed by atoms with Gasteiger partial charge in [0.1, 0.15) is 5.52 Å². The van der Waals surface area contributed by atoms with E-state index in [2.05, 4.69) is 0 Å². The van der Waals surface area contributed by atoms with E-state index in [0.717, 1.165) is 5.56 Å². The molecule has 0 amide bonds. The first-order valence-electron chi connectivity index (χ1n) is 5.02. The van der Waals surface area contributed by atoms with Crippen LogP contribution in [0.2, 0.25) is 5.02 Å². The monoisotopic (exact) mass is 240 g/mol. The third kappa shape index (κ3) is 1.86. The van der Waals surface area contributed by atoms with Gasteiger partial charge in [-0.05, 0) is 31.0 Å². The van der Waals surface area contributed by atoms with E-state index < -0.39 is 5.76 Å². The summed E-state index contributed by atoms with van der Waals surface area (Å²) in [5.41, 5.74) is 7.82. The van der Waals surface area contributed by atoms with Crippen LogP contribution in [0.15, 0.2) is 21.3 Å². The highest BCUT2D eigenvalue weighted by Crippen LogP contribution is 2.24. The van der Waals surface area contributed by atoms with Gasteiger partial charge in [0, 0.05) is 13.1 Å². The molecule has 2 aromatic rings. The molecule has 0 radical (unpaired) electrons. The van der Waals surface area contributed by atoms with Gasteiger partial charge in [-0.25, -0.2) is 4.79 Å². The van der Waals surface area contributed by atoms with Crippen molar-refractivity contribution in [3.63, 3.8) is 0 Å². The Hall–Kier alpha value is -1.26. The van der Waals surface area contributed by atoms with Gasteiger partial charge in [-0.2, -0.15) is 0 Å². The number of hydrogen-bond acceptors (Lipinski definition) is 3. The van der Waals surface area contributed by atoms with Crippen LogP contribution in [0.4, 0.5) is 0 Å². The van der Waals surface area contributed by atoms with Crippen molar-refractivity contribution in [2.75, 3.05) is 0 Å². The van der Waals surface area contributed by atoms with Crippen LogP contribution in [0.5, 0.6) is 0 Å². The molecule has 1 heterocycles. The molecule has 5 heteroatoms. The number of aromatic nitrogens is 1. The van der Waals surface area contributed by atoms with E-state index in [1.165, 1.54) is 4.57 Å². The van der Waals surface area contributed by atoms with Crippen molar-refractivity contribution in [2.24, 2.45) is 12.8 Å². The quantitative estimate of drug-likeness (QED) is 0.869. The molecule has 1 aromatic heterocycles. The van der Waals surface area contributed by atoms with E-state index in [1.807, 2.05) is 19.1 Å². The summed E-state index contributed by atoms with van der Waals surface area (Å²) >= 11 is 6.10. The second-order valence-corrected chi connectivity index (χ2v) is 4.44. The Bertz CT molecular complexity index is 583. The summed E-state index contributed by atoms with van der Waals surface area (Å²) in [6.45, 7) is 1.92. The lowest BCUT2D eigenvalue weighted by molar-refractivity contribution is 0.527. The third-order valence-corrected chi connectivity index (χ3v) is 2.74. The Morgan fingerprint density at radius 1 is 1.56 bits per heavy atom. The maximum atomic E-state index is 11.3. The maximum Gasteiger partial charge on any atom is 0.419 e. The van der Waals surface area contributed by atoms with E-state index in [-0.39, 0.29) is 6.04 Å². The molecule has 16 heavy (non-hydrogen) atoms. The largest absolute Gasteiger partial charge is 0.419 e. The molecule has 1 aromatic carbocycles. The lowest BCUT2D eigenvalue weighted by Gasteiger charge is -2.05. The van der Waals surface area contributed by atoms with Crippen molar-refractivity contribution >= 4 is 22.7 Å². The van der Waals surface area contributed by atoms with Gasteiger partial charge in [0.25, 0.3) is 0 Å². The molecule has 0 aliphatic carbocycles. The topological polar surface area (TPSA) is 61.2 Å². The average Bonchev–Trinajstić information content (AvgIpc) is 2.41. The minimum absolute atomic E-state index is 0.0453. The van der Waals surface area contributed by atoms with Gasteiger partial charge in [-0.1, -0.05) is 11.6 Å². The average molecular weight is 241 g/mol. The van der Waals surface area contributed by atoms with Crippen LogP contribution in [-0.4, -0.2) is 10.6 Å². The molecule has 0 fully saturated rings. The summed E-state index contributed by atoms with van der Waals surface area (Å²) in [5.74, 6) is -0.408. The zero-order valence-corrected chi connectivity index (χ0v) is 9.91. The highest BCUT2D eigenvalue weighted by atomic mass is 35.5. The minimum atomic E-state index is -0.408. The molecular weight excluding hydrogens is 228 g/mol. The summed E-state index contributed by atoms with van der Waals surface area (Å²) < 4.78 is 6.48. The number of fused-ring (bicyclic) bond motifs is 1. The maximum absolute atomic E-state index is 11.3. The molecule has 1 unspecified atom stereocenters. The van der Waals surface area contributed by atoms with Gasteiger partial charge in [-0.15, -0.1) is 0 Å². The second-order valence-electron chi connectivity index (χ2n) is 4.03. The van der Waals surface area contributed by atoms with Crippen LogP contribution in [0.1, 0.15) is 12.5 Å². The molecular formula is C11H13ClN2O2. The second kappa shape index (κ2) is 3.96. The molecule has 0 aliphatic rings. The first-order valence-corrected chi connectivity index (χ1v) is 5.40. The number of benzene rings is 1. The Balaban J connectivity index is 2.64. The number of rotatable bonds is 2. The third-order valence-electron chi connectivity index (χ3n) is 2.45. The van der Waals surface area contributed by atoms with Crippen molar-refractivity contribution in [3.05, 3.63) is 33.3 Å². The molecule has 2 rings (SSSR count). The zero-order chi connectivity index (χ0) is 11.9. The fourth-order valence-corrected chi connectivity index (χ4v) is 2.13. The number of nitrogens with zero attached hydrogens (tertiary/aromatic N) is 1. The van der Waals surface area contributed by atoms with E-state index in [0.29, 0.717) is 22.5 Å². The lowest BCUT2D eigenvalue weighted by atomic mass is 10.1. The molecule has 0 saturated heterocycles. The number of hydrogen-bond donors (Lipinski definition) is 1. The molecule has 0 saturated carbocycles. The summed E-state index contributed by atoms with van der Waals surface area (Å²) in [6.07, 6.45) is 0.703. The van der Waals surface area contributed by atoms with E-state index >= 15 is 0 Å². The molecule has 2 N–H and O–H groups in total. The van der Waals surface area contributed by atoms with Gasteiger partial charge >= 0.3 is 5.76 Å². The SMILES string of the molecule is CC(N)Cc1cc(Cl)c2c(c1)oc(=O)n2C. The van der Waals surface area contributed by atoms with Crippen LogP contribution in [0.25, 0.3) is 11.1 Å². The summed E-state index contributed by atoms with van der Waals surface area (Å²) in [4.78, 5) is 11.3. The van der Waals surface area contributed by atoms with Crippen LogP contribution < -0.4 is 11.5 Å². The lowest BCUT2D eigenvalue weighted by Crippen LogP contribution is -2.17. The normalized spacial score (nSPS) is 13.2. The van der Waals surface area contributed by atoms with Gasteiger partial charge < -0.3 is 10.2 Å². The zero-order valence-electron chi connectivity index (χ0n) is 9.16. The van der Waals surface area contributed by atoms with Crippen LogP contribution >= 0.6 is 11.6 Å². The fourth-order valence-electron chi connectivity index (χ4n) is 1.77. The van der Waals surface area contributed by atoms with Crippen LogP contribution in [0, 0.1) is 0 Å². The van der Waals surface area contributed by atoms with E-state index in [1.54, 1.807) is 7.05 Å². The van der Waals surface area contributed by atoms with Crippen molar-refractivity contribution in [1.82, 2.24) is 4.57 Å². The van der Waals surface area contributed by atoms with Crippen LogP contribution in [-0.2, 0) is 13.5 Å². The Morgan fingerprint density at radius 2 is 2.25 bits per heavy atom. The van der Waals surface area contributed by atoms with Crippen molar-refractivity contribution in [3.8, 4) is 0 Å². The number of aryl methyl sites for hydroxylation is 1. The van der Waals surface area contributed by atoms with Crippen molar-refractivity contribution in [2.45, 2.75) is 19.4 Å². The van der Waals surface area contributed by atoms with E-state index in [4.69, 9.17) is 21.8 Å². The predicted octanol–water partition coefficient (Wildman–Crippen LogP) is 1.67. The summed E-state index contributed by atoms with van der Waals surface area (Å²) in [5, 5.41) is 0.515. The van der Waals surface area contributed by atoms with Gasteiger partial charge in [0.15, 0.2) is 5.58 Å². The Labute approximate surface area is 97.6 Å². The first-order chi connectivity index (χ1) is 7.49. The van der Waals surface area contributed by atoms with Crippen molar-refractivity contribution in [1.29, 1.82) is 0 Å². The Morgan fingerprint density at radius 3 is 2.88 bits per heavy atom. The number of nitrogens with two attached hydrogens (primary N) is 1. The molecule has 1 atom stereocenters. The highest BCUT2D eigenvalue weighted by molar-refractivity contribution is 6.35. The summed E-state index contributed by atoms with van der Waals surface area (Å²) in [6, 6.07) is 3.68. The molecule has 86 valence electrons. The van der Waals surface area contributed by atoms with E-state index in [9.17, 15) is 4.79 Å². The molecule has 0 aliphatic heterocycles. The summed E-state index contributed by atoms with van der Waals surface area (Å²) in [7, 11) is 1.63. The number of halogens is 1.